The van der Waals surface area contributed by atoms with Gasteiger partial charge in [0.15, 0.2) is 0 Å². The van der Waals surface area contributed by atoms with Crippen LogP contribution < -0.4 is 4.90 Å². The van der Waals surface area contributed by atoms with E-state index < -0.39 is 0 Å². The lowest BCUT2D eigenvalue weighted by molar-refractivity contribution is 0.670. The minimum atomic E-state index is 0.875. The van der Waals surface area contributed by atoms with Gasteiger partial charge in [0, 0.05) is 49.9 Å². The molecular weight excluding hydrogens is 717 g/mol. The van der Waals surface area contributed by atoms with Gasteiger partial charge in [0.25, 0.3) is 0 Å². The van der Waals surface area contributed by atoms with Crippen LogP contribution in [0.1, 0.15) is 0 Å². The van der Waals surface area contributed by atoms with E-state index in [0.717, 1.165) is 61.4 Å². The van der Waals surface area contributed by atoms with E-state index in [0.29, 0.717) is 0 Å². The summed E-state index contributed by atoms with van der Waals surface area (Å²) in [5.41, 5.74) is 12.9. The topological polar surface area (TPSA) is 21.3 Å². The minimum Gasteiger partial charge on any atom is -0.455 e. The molecule has 0 atom stereocenters. The van der Waals surface area contributed by atoms with Crippen LogP contribution in [0, 0.1) is 0 Å². The Bertz CT molecular complexity index is 3500. The van der Waals surface area contributed by atoms with Crippen LogP contribution in [0.25, 0.3) is 93.2 Å². The molecule has 0 bridgehead atoms. The summed E-state index contributed by atoms with van der Waals surface area (Å²) in [5.74, 6) is 0. The summed E-state index contributed by atoms with van der Waals surface area (Å²) >= 11 is 0. The van der Waals surface area contributed by atoms with E-state index in [1.165, 1.54) is 48.9 Å². The van der Waals surface area contributed by atoms with Crippen molar-refractivity contribution in [1.29, 1.82) is 0 Å². The Hall–Kier alpha value is -7.88. The predicted molar refractivity (Wildman–Crippen MR) is 249 cm³/mol. The molecule has 0 saturated carbocycles. The number of benzene rings is 10. The molecule has 3 nitrogen and oxygen atoms in total. The van der Waals surface area contributed by atoms with E-state index >= 15 is 0 Å². The third kappa shape index (κ3) is 5.44. The van der Waals surface area contributed by atoms with Gasteiger partial charge < -0.3 is 13.9 Å². The van der Waals surface area contributed by atoms with Crippen LogP contribution in [0.3, 0.4) is 0 Å². The van der Waals surface area contributed by atoms with Crippen molar-refractivity contribution in [3.05, 3.63) is 218 Å². The predicted octanol–water partition coefficient (Wildman–Crippen LogP) is 15.8. The number of hydrogen-bond donors (Lipinski definition) is 0. The summed E-state index contributed by atoms with van der Waals surface area (Å²) in [7, 11) is 0. The lowest BCUT2D eigenvalue weighted by Crippen LogP contribution is -2.10. The summed E-state index contributed by atoms with van der Waals surface area (Å²) in [4.78, 5) is 2.37. The molecule has 276 valence electrons. The Morgan fingerprint density at radius 1 is 0.339 bits per heavy atom. The standard InChI is InChI=1S/C56H36N2O/c1-2-15-42(16-3-1)57(44-17-12-14-39(34-44)40-29-32-47-41(33-40)26-25-37-13-4-5-18-46(37)47)45-35-51(56-52(36-45)50-21-8-11-24-55(50)59-56)38-27-30-43(31-28-38)58-53-22-9-6-19-48(53)49-20-7-10-23-54(49)58/h1-36H. The van der Waals surface area contributed by atoms with Gasteiger partial charge in [0.1, 0.15) is 11.2 Å². The Labute approximate surface area is 341 Å². The Kier molecular flexibility index (Phi) is 7.54. The number of aromatic nitrogens is 1. The van der Waals surface area contributed by atoms with Gasteiger partial charge in [-0.05, 0) is 111 Å². The van der Waals surface area contributed by atoms with Crippen LogP contribution in [-0.2, 0) is 0 Å². The number of nitrogens with zero attached hydrogens (tertiary/aromatic N) is 2. The first-order valence-corrected chi connectivity index (χ1v) is 20.2. The van der Waals surface area contributed by atoms with Crippen LogP contribution in [0.2, 0.25) is 0 Å². The molecule has 0 aliphatic carbocycles. The molecule has 0 amide bonds. The number of fused-ring (bicyclic) bond motifs is 9. The van der Waals surface area contributed by atoms with Crippen molar-refractivity contribution < 1.29 is 4.42 Å². The maximum atomic E-state index is 6.72. The molecule has 2 heterocycles. The molecule has 0 fully saturated rings. The van der Waals surface area contributed by atoms with Gasteiger partial charge in [-0.15, -0.1) is 0 Å². The molecule has 12 aromatic rings. The van der Waals surface area contributed by atoms with Crippen LogP contribution in [-0.4, -0.2) is 4.57 Å². The van der Waals surface area contributed by atoms with Crippen molar-refractivity contribution in [2.75, 3.05) is 4.90 Å². The fraction of sp³-hybridized carbons (Fsp3) is 0. The SMILES string of the molecule is c1ccc(N(c2cccc(-c3ccc4c(ccc5ccccc54)c3)c2)c2cc(-c3ccc(-n4c5ccccc5c5ccccc54)cc3)c3oc4ccccc4c3c2)cc1. The summed E-state index contributed by atoms with van der Waals surface area (Å²) in [6, 6.07) is 78.7. The van der Waals surface area contributed by atoms with Gasteiger partial charge in [-0.1, -0.05) is 146 Å². The number of para-hydroxylation sites is 4. The zero-order valence-corrected chi connectivity index (χ0v) is 32.1. The molecule has 0 aliphatic rings. The van der Waals surface area contributed by atoms with Crippen LogP contribution in [0.5, 0.6) is 0 Å². The molecule has 10 aromatic carbocycles. The first-order valence-electron chi connectivity index (χ1n) is 20.2. The average Bonchev–Trinajstić information content (AvgIpc) is 3.85. The quantitative estimate of drug-likeness (QED) is 0.158. The van der Waals surface area contributed by atoms with Crippen molar-refractivity contribution in [2.24, 2.45) is 0 Å². The first kappa shape index (κ1) is 33.3. The van der Waals surface area contributed by atoms with Gasteiger partial charge in [-0.2, -0.15) is 0 Å². The highest BCUT2D eigenvalue weighted by molar-refractivity contribution is 6.13. The van der Waals surface area contributed by atoms with Crippen molar-refractivity contribution in [3.8, 4) is 27.9 Å². The van der Waals surface area contributed by atoms with E-state index in [1.54, 1.807) is 0 Å². The van der Waals surface area contributed by atoms with Crippen LogP contribution in [0.4, 0.5) is 17.1 Å². The Morgan fingerprint density at radius 2 is 0.949 bits per heavy atom. The molecular formula is C56H36N2O. The number of hydrogen-bond acceptors (Lipinski definition) is 2. The molecule has 0 saturated heterocycles. The van der Waals surface area contributed by atoms with Gasteiger partial charge in [0.05, 0.1) is 11.0 Å². The fourth-order valence-corrected chi connectivity index (χ4v) is 9.19. The lowest BCUT2D eigenvalue weighted by atomic mass is 9.97. The fourth-order valence-electron chi connectivity index (χ4n) is 9.19. The molecule has 59 heavy (non-hydrogen) atoms. The summed E-state index contributed by atoms with van der Waals surface area (Å²) in [6.07, 6.45) is 0. The maximum absolute atomic E-state index is 6.72. The molecule has 0 unspecified atom stereocenters. The van der Waals surface area contributed by atoms with Crippen molar-refractivity contribution >= 4 is 82.4 Å². The van der Waals surface area contributed by atoms with E-state index in [9.17, 15) is 0 Å². The highest BCUT2D eigenvalue weighted by atomic mass is 16.3. The van der Waals surface area contributed by atoms with E-state index in [4.69, 9.17) is 4.42 Å². The van der Waals surface area contributed by atoms with Crippen molar-refractivity contribution in [1.82, 2.24) is 4.57 Å². The zero-order chi connectivity index (χ0) is 38.9. The Balaban J connectivity index is 1.02. The van der Waals surface area contributed by atoms with Crippen LogP contribution in [0.15, 0.2) is 223 Å². The van der Waals surface area contributed by atoms with E-state index in [-0.39, 0.29) is 0 Å². The van der Waals surface area contributed by atoms with Gasteiger partial charge in [0.2, 0.25) is 0 Å². The van der Waals surface area contributed by atoms with Crippen LogP contribution >= 0.6 is 0 Å². The minimum absolute atomic E-state index is 0.875. The summed E-state index contributed by atoms with van der Waals surface area (Å²) in [5, 5.41) is 9.72. The monoisotopic (exact) mass is 752 g/mol. The van der Waals surface area contributed by atoms with Gasteiger partial charge in [-0.25, -0.2) is 0 Å². The average molecular weight is 753 g/mol. The van der Waals surface area contributed by atoms with E-state index in [1.807, 2.05) is 6.07 Å². The van der Waals surface area contributed by atoms with Crippen molar-refractivity contribution in [3.63, 3.8) is 0 Å². The largest absolute Gasteiger partial charge is 0.455 e. The number of rotatable bonds is 6. The zero-order valence-electron chi connectivity index (χ0n) is 32.1. The molecule has 0 N–H and O–H groups in total. The summed E-state index contributed by atoms with van der Waals surface area (Å²) in [6.45, 7) is 0. The number of furan rings is 1. The molecule has 2 aromatic heterocycles. The normalized spacial score (nSPS) is 11.7. The molecule has 0 radical (unpaired) electrons. The molecule has 0 spiro atoms. The molecule has 12 rings (SSSR count). The molecule has 3 heteroatoms. The lowest BCUT2D eigenvalue weighted by Gasteiger charge is -2.27. The highest BCUT2D eigenvalue weighted by Gasteiger charge is 2.21. The third-order valence-electron chi connectivity index (χ3n) is 11.9. The second kappa shape index (κ2) is 13.4. The summed E-state index contributed by atoms with van der Waals surface area (Å²) < 4.78 is 9.08. The highest BCUT2D eigenvalue weighted by Crippen LogP contribution is 2.44. The van der Waals surface area contributed by atoms with E-state index in [2.05, 4.69) is 222 Å². The number of anilines is 3. The van der Waals surface area contributed by atoms with Crippen molar-refractivity contribution in [2.45, 2.75) is 0 Å². The second-order valence-electron chi connectivity index (χ2n) is 15.3. The smallest absolute Gasteiger partial charge is 0.143 e. The van der Waals surface area contributed by atoms with Gasteiger partial charge in [-0.3, -0.25) is 0 Å². The third-order valence-corrected chi connectivity index (χ3v) is 11.9. The first-order chi connectivity index (χ1) is 29.2. The Morgan fingerprint density at radius 3 is 1.75 bits per heavy atom. The maximum Gasteiger partial charge on any atom is 0.143 e. The van der Waals surface area contributed by atoms with Gasteiger partial charge >= 0.3 is 0 Å². The second-order valence-corrected chi connectivity index (χ2v) is 15.3. The molecule has 0 aliphatic heterocycles.